The summed E-state index contributed by atoms with van der Waals surface area (Å²) in [5.74, 6) is 0.851. The van der Waals surface area contributed by atoms with Crippen molar-refractivity contribution in [2.24, 2.45) is 0 Å². The van der Waals surface area contributed by atoms with Gasteiger partial charge in [0.25, 0.3) is 0 Å². The van der Waals surface area contributed by atoms with Crippen LogP contribution in [0, 0.1) is 11.2 Å². The van der Waals surface area contributed by atoms with E-state index in [1.807, 2.05) is 60.7 Å². The van der Waals surface area contributed by atoms with E-state index in [2.05, 4.69) is 19.4 Å². The normalized spacial score (nSPS) is 10.7. The SMILES string of the molecule is [C-]#[N+]c1c(-c2ccccc2)n(CCCOc2ccccc2)c2c(=S)nc[nH]c12. The molecule has 0 saturated carbocycles. The average Bonchev–Trinajstić information content (AvgIpc) is 3.07. The Bertz CT molecular complexity index is 1190. The molecule has 5 nitrogen and oxygen atoms in total. The van der Waals surface area contributed by atoms with Gasteiger partial charge in [0.15, 0.2) is 4.64 Å². The van der Waals surface area contributed by atoms with Crippen LogP contribution in [0.2, 0.25) is 0 Å². The van der Waals surface area contributed by atoms with Gasteiger partial charge < -0.3 is 14.3 Å². The van der Waals surface area contributed by atoms with Gasteiger partial charge >= 0.3 is 0 Å². The van der Waals surface area contributed by atoms with Crippen LogP contribution >= 0.6 is 12.2 Å². The van der Waals surface area contributed by atoms with Gasteiger partial charge in [0, 0.05) is 6.54 Å². The predicted molar refractivity (Wildman–Crippen MR) is 113 cm³/mol. The topological polar surface area (TPSA) is 47.2 Å². The van der Waals surface area contributed by atoms with Crippen molar-refractivity contribution < 1.29 is 4.74 Å². The van der Waals surface area contributed by atoms with E-state index >= 15 is 0 Å². The van der Waals surface area contributed by atoms with E-state index in [0.29, 0.717) is 23.5 Å². The Hall–Kier alpha value is -3.43. The fourth-order valence-corrected chi connectivity index (χ4v) is 3.60. The number of hydrogen-bond donors (Lipinski definition) is 1. The van der Waals surface area contributed by atoms with Crippen LogP contribution in [-0.4, -0.2) is 21.1 Å². The molecule has 0 amide bonds. The molecule has 0 saturated heterocycles. The lowest BCUT2D eigenvalue weighted by atomic mass is 10.1. The highest BCUT2D eigenvalue weighted by Gasteiger charge is 2.20. The van der Waals surface area contributed by atoms with Gasteiger partial charge in [0.05, 0.1) is 36.2 Å². The molecule has 4 rings (SSSR count). The van der Waals surface area contributed by atoms with Gasteiger partial charge in [-0.05, 0) is 24.1 Å². The Morgan fingerprint density at radius 2 is 1.79 bits per heavy atom. The van der Waals surface area contributed by atoms with Crippen LogP contribution in [0.4, 0.5) is 5.69 Å². The molecule has 0 atom stereocenters. The van der Waals surface area contributed by atoms with Crippen molar-refractivity contribution in [2.75, 3.05) is 6.61 Å². The fraction of sp³-hybridized carbons (Fsp3) is 0.136. The van der Waals surface area contributed by atoms with Crippen molar-refractivity contribution in [3.05, 3.63) is 83.0 Å². The van der Waals surface area contributed by atoms with Gasteiger partial charge in [-0.2, -0.15) is 0 Å². The van der Waals surface area contributed by atoms with E-state index in [1.54, 1.807) is 6.33 Å². The molecule has 2 heterocycles. The standard InChI is InChI=1S/C22H18N4OS/c1-23-18-19-21(22(28)25-15-24-19)26(20(18)16-9-4-2-5-10-16)13-8-14-27-17-11-6-3-7-12-17/h2-7,9-12,15H,8,13-14H2,(H,24,25,28). The zero-order chi connectivity index (χ0) is 19.3. The van der Waals surface area contributed by atoms with Crippen LogP contribution in [0.5, 0.6) is 5.75 Å². The number of benzene rings is 2. The number of aryl methyl sites for hydroxylation is 1. The number of H-pyrrole nitrogens is 1. The summed E-state index contributed by atoms with van der Waals surface area (Å²) in [4.78, 5) is 11.2. The van der Waals surface area contributed by atoms with Gasteiger partial charge in [-0.1, -0.05) is 60.7 Å². The monoisotopic (exact) mass is 386 g/mol. The smallest absolute Gasteiger partial charge is 0.235 e. The maximum Gasteiger partial charge on any atom is 0.235 e. The second-order valence-electron chi connectivity index (χ2n) is 6.27. The number of fused-ring (bicyclic) bond motifs is 1. The Morgan fingerprint density at radius 1 is 1.07 bits per heavy atom. The predicted octanol–water partition coefficient (Wildman–Crippen LogP) is 5.78. The van der Waals surface area contributed by atoms with Gasteiger partial charge in [0.1, 0.15) is 5.75 Å². The number of aromatic nitrogens is 3. The van der Waals surface area contributed by atoms with Gasteiger partial charge in [-0.3, -0.25) is 0 Å². The highest BCUT2D eigenvalue weighted by molar-refractivity contribution is 7.71. The molecule has 6 heteroatoms. The van der Waals surface area contributed by atoms with Gasteiger partial charge in [-0.15, -0.1) is 0 Å². The molecule has 1 N–H and O–H groups in total. The molecule has 0 aliphatic rings. The van der Waals surface area contributed by atoms with Crippen molar-refractivity contribution in [3.8, 4) is 17.0 Å². The fourth-order valence-electron chi connectivity index (χ4n) is 3.33. The first-order chi connectivity index (χ1) is 13.8. The highest BCUT2D eigenvalue weighted by Crippen LogP contribution is 2.39. The molecule has 4 aromatic rings. The van der Waals surface area contributed by atoms with Crippen LogP contribution in [0.3, 0.4) is 0 Å². The van der Waals surface area contributed by atoms with E-state index in [0.717, 1.165) is 34.5 Å². The molecule has 0 aliphatic heterocycles. The zero-order valence-electron chi connectivity index (χ0n) is 15.1. The largest absolute Gasteiger partial charge is 0.494 e. The van der Waals surface area contributed by atoms with Crippen molar-refractivity contribution >= 4 is 28.9 Å². The molecule has 0 aliphatic carbocycles. The number of rotatable bonds is 6. The van der Waals surface area contributed by atoms with Crippen molar-refractivity contribution in [1.82, 2.24) is 14.5 Å². The summed E-state index contributed by atoms with van der Waals surface area (Å²) in [7, 11) is 0. The van der Waals surface area contributed by atoms with E-state index < -0.39 is 0 Å². The lowest BCUT2D eigenvalue weighted by molar-refractivity contribution is 0.303. The number of nitrogens with one attached hydrogen (secondary N) is 1. The molecule has 0 bridgehead atoms. The Balaban J connectivity index is 1.72. The minimum Gasteiger partial charge on any atom is -0.494 e. The van der Waals surface area contributed by atoms with Crippen molar-refractivity contribution in [3.63, 3.8) is 0 Å². The summed E-state index contributed by atoms with van der Waals surface area (Å²) in [5.41, 5.74) is 3.94. The van der Waals surface area contributed by atoms with Crippen LogP contribution in [-0.2, 0) is 6.54 Å². The summed E-state index contributed by atoms with van der Waals surface area (Å²) >= 11 is 5.48. The first-order valence-corrected chi connectivity index (χ1v) is 9.41. The lowest BCUT2D eigenvalue weighted by Crippen LogP contribution is -2.06. The van der Waals surface area contributed by atoms with Crippen molar-refractivity contribution in [1.29, 1.82) is 0 Å². The molecule has 0 spiro atoms. The summed E-state index contributed by atoms with van der Waals surface area (Å²) in [6.07, 6.45) is 2.33. The van der Waals surface area contributed by atoms with Crippen LogP contribution in [0.25, 0.3) is 27.1 Å². The zero-order valence-corrected chi connectivity index (χ0v) is 15.9. The molecule has 28 heavy (non-hydrogen) atoms. The maximum absolute atomic E-state index is 7.74. The number of aromatic amines is 1. The molecule has 2 aromatic heterocycles. The second kappa shape index (κ2) is 8.07. The first kappa shape index (κ1) is 18.0. The maximum atomic E-state index is 7.74. The highest BCUT2D eigenvalue weighted by atomic mass is 32.1. The molecular weight excluding hydrogens is 368 g/mol. The third-order valence-corrected chi connectivity index (χ3v) is 4.83. The second-order valence-corrected chi connectivity index (χ2v) is 6.66. The van der Waals surface area contributed by atoms with E-state index in [1.165, 1.54) is 0 Å². The molecular formula is C22H18N4OS. The molecule has 2 aromatic carbocycles. The van der Waals surface area contributed by atoms with Crippen LogP contribution < -0.4 is 4.74 Å². The quantitative estimate of drug-likeness (QED) is 0.259. The third kappa shape index (κ3) is 3.40. The average molecular weight is 386 g/mol. The molecule has 0 radical (unpaired) electrons. The Kier molecular flexibility index (Phi) is 5.18. The Labute approximate surface area is 168 Å². The number of nitrogens with zero attached hydrogens (tertiary/aromatic N) is 3. The van der Waals surface area contributed by atoms with E-state index in [9.17, 15) is 0 Å². The molecule has 138 valence electrons. The summed E-state index contributed by atoms with van der Waals surface area (Å²) in [6.45, 7) is 8.98. The van der Waals surface area contributed by atoms with Crippen LogP contribution in [0.1, 0.15) is 6.42 Å². The number of para-hydroxylation sites is 1. The summed E-state index contributed by atoms with van der Waals surface area (Å²) < 4.78 is 8.41. The summed E-state index contributed by atoms with van der Waals surface area (Å²) in [5, 5.41) is 0. The van der Waals surface area contributed by atoms with Gasteiger partial charge in [0.2, 0.25) is 5.69 Å². The Morgan fingerprint density at radius 3 is 2.50 bits per heavy atom. The van der Waals surface area contributed by atoms with E-state index in [-0.39, 0.29) is 0 Å². The van der Waals surface area contributed by atoms with Crippen molar-refractivity contribution in [2.45, 2.75) is 13.0 Å². The minimum atomic E-state index is 0.491. The van der Waals surface area contributed by atoms with E-state index in [4.69, 9.17) is 23.5 Å². The third-order valence-electron chi connectivity index (χ3n) is 4.53. The molecule has 0 unspecified atom stereocenters. The lowest BCUT2D eigenvalue weighted by Gasteiger charge is -2.12. The first-order valence-electron chi connectivity index (χ1n) is 9.00. The number of ether oxygens (including phenoxy) is 1. The minimum absolute atomic E-state index is 0.491. The summed E-state index contributed by atoms with van der Waals surface area (Å²) in [6, 6.07) is 19.7. The van der Waals surface area contributed by atoms with Gasteiger partial charge in [-0.25, -0.2) is 9.83 Å². The van der Waals surface area contributed by atoms with Crippen LogP contribution in [0.15, 0.2) is 67.0 Å². The number of hydrogen-bond acceptors (Lipinski definition) is 3. The molecule has 0 fully saturated rings.